The third kappa shape index (κ3) is 4.24. The predicted octanol–water partition coefficient (Wildman–Crippen LogP) is 3.72. The Morgan fingerprint density at radius 1 is 1.24 bits per heavy atom. The first-order chi connectivity index (χ1) is 10.3. The molecule has 21 heavy (non-hydrogen) atoms. The molecule has 1 aromatic heterocycles. The molecule has 1 unspecified atom stereocenters. The van der Waals surface area contributed by atoms with E-state index in [9.17, 15) is 0 Å². The Morgan fingerprint density at radius 3 is 2.76 bits per heavy atom. The lowest BCUT2D eigenvalue weighted by Gasteiger charge is -2.18. The van der Waals surface area contributed by atoms with Crippen LogP contribution in [0.1, 0.15) is 32.5 Å². The fraction of sp³-hybridized carbons (Fsp3) is 0.588. The smallest absolute Gasteiger partial charge is 0.111 e. The van der Waals surface area contributed by atoms with Gasteiger partial charge in [0.1, 0.15) is 5.82 Å². The molecule has 0 amide bonds. The zero-order valence-electron chi connectivity index (χ0n) is 13.4. The number of fused-ring (bicyclic) bond motifs is 1. The van der Waals surface area contributed by atoms with Crippen molar-refractivity contribution in [3.05, 3.63) is 30.1 Å². The molecule has 0 aliphatic carbocycles. The number of rotatable bonds is 9. The summed E-state index contributed by atoms with van der Waals surface area (Å²) in [6.07, 6.45) is 5.50. The van der Waals surface area contributed by atoms with Gasteiger partial charge in [-0.1, -0.05) is 26.0 Å². The number of benzene rings is 1. The second kappa shape index (κ2) is 8.44. The second-order valence-corrected chi connectivity index (χ2v) is 6.39. The third-order valence-corrected chi connectivity index (χ3v) is 4.40. The van der Waals surface area contributed by atoms with Crippen molar-refractivity contribution in [2.75, 3.05) is 18.6 Å². The molecule has 3 nitrogen and oxygen atoms in total. The van der Waals surface area contributed by atoms with Crippen LogP contribution in [0.4, 0.5) is 0 Å². The number of para-hydroxylation sites is 2. The number of nitrogens with one attached hydrogen (secondary N) is 1. The van der Waals surface area contributed by atoms with Crippen LogP contribution in [0.5, 0.6) is 0 Å². The molecule has 0 bridgehead atoms. The van der Waals surface area contributed by atoms with E-state index < -0.39 is 0 Å². The van der Waals surface area contributed by atoms with Gasteiger partial charge in [-0.2, -0.15) is 11.8 Å². The Bertz CT molecular complexity index is 550. The van der Waals surface area contributed by atoms with Crippen LogP contribution in [0, 0.1) is 0 Å². The van der Waals surface area contributed by atoms with Crippen molar-refractivity contribution < 1.29 is 0 Å². The van der Waals surface area contributed by atoms with Gasteiger partial charge in [-0.05, 0) is 37.8 Å². The molecule has 1 N–H and O–H groups in total. The van der Waals surface area contributed by atoms with Crippen molar-refractivity contribution in [3.8, 4) is 0 Å². The van der Waals surface area contributed by atoms with Gasteiger partial charge in [0, 0.05) is 24.8 Å². The van der Waals surface area contributed by atoms with Crippen LogP contribution < -0.4 is 5.32 Å². The molecule has 4 heteroatoms. The minimum atomic E-state index is 0.507. The summed E-state index contributed by atoms with van der Waals surface area (Å²) in [6.45, 7) is 6.58. The summed E-state index contributed by atoms with van der Waals surface area (Å²) < 4.78 is 2.40. The van der Waals surface area contributed by atoms with Crippen LogP contribution in [0.15, 0.2) is 24.3 Å². The zero-order valence-corrected chi connectivity index (χ0v) is 14.2. The van der Waals surface area contributed by atoms with Gasteiger partial charge in [-0.3, -0.25) is 0 Å². The van der Waals surface area contributed by atoms with E-state index in [0.717, 1.165) is 37.2 Å². The summed E-state index contributed by atoms with van der Waals surface area (Å²) in [4.78, 5) is 4.88. The van der Waals surface area contributed by atoms with Crippen molar-refractivity contribution in [1.82, 2.24) is 14.9 Å². The molecule has 1 heterocycles. The van der Waals surface area contributed by atoms with Crippen molar-refractivity contribution in [2.24, 2.45) is 0 Å². The van der Waals surface area contributed by atoms with E-state index in [1.807, 2.05) is 11.8 Å². The van der Waals surface area contributed by atoms with Gasteiger partial charge in [-0.15, -0.1) is 0 Å². The summed E-state index contributed by atoms with van der Waals surface area (Å²) in [5.41, 5.74) is 2.40. The molecule has 0 saturated carbocycles. The van der Waals surface area contributed by atoms with E-state index >= 15 is 0 Å². The second-order valence-electron chi connectivity index (χ2n) is 5.48. The average molecular weight is 305 g/mol. The van der Waals surface area contributed by atoms with Crippen molar-refractivity contribution in [3.63, 3.8) is 0 Å². The van der Waals surface area contributed by atoms with Gasteiger partial charge >= 0.3 is 0 Å². The number of nitrogens with zero attached hydrogens (tertiary/aromatic N) is 2. The summed E-state index contributed by atoms with van der Waals surface area (Å²) in [6, 6.07) is 8.99. The fourth-order valence-electron chi connectivity index (χ4n) is 2.71. The molecule has 1 atom stereocenters. The van der Waals surface area contributed by atoms with E-state index in [4.69, 9.17) is 4.98 Å². The first-order valence-electron chi connectivity index (χ1n) is 7.96. The van der Waals surface area contributed by atoms with E-state index in [1.54, 1.807) is 0 Å². The predicted molar refractivity (Wildman–Crippen MR) is 94.2 cm³/mol. The topological polar surface area (TPSA) is 29.9 Å². The molecule has 0 aliphatic rings. The number of imidazole rings is 1. The fourth-order valence-corrected chi connectivity index (χ4v) is 3.35. The van der Waals surface area contributed by atoms with Gasteiger partial charge in [0.25, 0.3) is 0 Å². The van der Waals surface area contributed by atoms with Gasteiger partial charge in [-0.25, -0.2) is 4.98 Å². The quantitative estimate of drug-likeness (QED) is 0.766. The summed E-state index contributed by atoms with van der Waals surface area (Å²) in [5, 5.41) is 3.66. The Balaban J connectivity index is 2.24. The summed E-state index contributed by atoms with van der Waals surface area (Å²) in [7, 11) is 0. The highest BCUT2D eigenvalue weighted by atomic mass is 32.2. The van der Waals surface area contributed by atoms with E-state index in [-0.39, 0.29) is 0 Å². The van der Waals surface area contributed by atoms with Crippen LogP contribution in [-0.2, 0) is 13.0 Å². The van der Waals surface area contributed by atoms with Crippen LogP contribution in [0.25, 0.3) is 11.0 Å². The molecular weight excluding hydrogens is 278 g/mol. The lowest BCUT2D eigenvalue weighted by Crippen LogP contribution is -2.34. The standard InChI is InChI=1S/C17H27N3S/c1-4-10-18-14(13-21-3)12-17-19-15-8-6-7-9-16(15)20(17)11-5-2/h6-9,14,18H,4-5,10-13H2,1-3H3. The Hall–Kier alpha value is -1.00. The molecule has 0 radical (unpaired) electrons. The average Bonchev–Trinajstić information content (AvgIpc) is 2.83. The summed E-state index contributed by atoms with van der Waals surface area (Å²) >= 11 is 1.91. The lowest BCUT2D eigenvalue weighted by molar-refractivity contribution is 0.523. The summed E-state index contributed by atoms with van der Waals surface area (Å²) in [5.74, 6) is 2.36. The van der Waals surface area contributed by atoms with Crippen molar-refractivity contribution in [1.29, 1.82) is 0 Å². The van der Waals surface area contributed by atoms with E-state index in [2.05, 4.69) is 54.3 Å². The van der Waals surface area contributed by atoms with Crippen LogP contribution in [-0.4, -0.2) is 34.1 Å². The van der Waals surface area contributed by atoms with Crippen LogP contribution in [0.3, 0.4) is 0 Å². The first kappa shape index (κ1) is 16.4. The maximum absolute atomic E-state index is 4.88. The molecule has 0 aliphatic heterocycles. The monoisotopic (exact) mass is 305 g/mol. The van der Waals surface area contributed by atoms with E-state index in [1.165, 1.54) is 17.8 Å². The number of thioether (sulfide) groups is 1. The van der Waals surface area contributed by atoms with E-state index in [0.29, 0.717) is 6.04 Å². The molecule has 116 valence electrons. The van der Waals surface area contributed by atoms with Gasteiger partial charge < -0.3 is 9.88 Å². The SMILES string of the molecule is CCCNC(CSC)Cc1nc2ccccc2n1CCC. The molecule has 2 aromatic rings. The Morgan fingerprint density at radius 2 is 2.05 bits per heavy atom. The molecule has 1 aromatic carbocycles. The molecular formula is C17H27N3S. The number of hydrogen-bond acceptors (Lipinski definition) is 3. The first-order valence-corrected chi connectivity index (χ1v) is 9.36. The highest BCUT2D eigenvalue weighted by molar-refractivity contribution is 7.98. The molecule has 2 rings (SSSR count). The lowest BCUT2D eigenvalue weighted by atomic mass is 10.2. The van der Waals surface area contributed by atoms with Crippen molar-refractivity contribution in [2.45, 2.75) is 45.7 Å². The number of hydrogen-bond donors (Lipinski definition) is 1. The Labute approximate surface area is 132 Å². The highest BCUT2D eigenvalue weighted by Gasteiger charge is 2.15. The zero-order chi connectivity index (χ0) is 15.1. The molecule has 0 spiro atoms. The highest BCUT2D eigenvalue weighted by Crippen LogP contribution is 2.18. The minimum absolute atomic E-state index is 0.507. The molecule has 0 saturated heterocycles. The van der Waals surface area contributed by atoms with Crippen molar-refractivity contribution >= 4 is 22.8 Å². The van der Waals surface area contributed by atoms with Crippen LogP contribution >= 0.6 is 11.8 Å². The largest absolute Gasteiger partial charge is 0.328 e. The van der Waals surface area contributed by atoms with Gasteiger partial charge in [0.05, 0.1) is 11.0 Å². The van der Waals surface area contributed by atoms with Gasteiger partial charge in [0.15, 0.2) is 0 Å². The maximum atomic E-state index is 4.88. The number of aromatic nitrogens is 2. The Kier molecular flexibility index (Phi) is 6.58. The maximum Gasteiger partial charge on any atom is 0.111 e. The van der Waals surface area contributed by atoms with Gasteiger partial charge in [0.2, 0.25) is 0 Å². The molecule has 0 fully saturated rings. The van der Waals surface area contributed by atoms with Crippen LogP contribution in [0.2, 0.25) is 0 Å². The third-order valence-electron chi connectivity index (χ3n) is 3.66. The normalized spacial score (nSPS) is 12.9. The number of aryl methyl sites for hydroxylation is 1. The minimum Gasteiger partial charge on any atom is -0.328 e.